The van der Waals surface area contributed by atoms with Crippen molar-refractivity contribution < 1.29 is 0 Å². The van der Waals surface area contributed by atoms with E-state index in [2.05, 4.69) is 37.5 Å². The van der Waals surface area contributed by atoms with E-state index in [0.717, 1.165) is 16.5 Å². The molecule has 0 aliphatic carbocycles. The van der Waals surface area contributed by atoms with Crippen molar-refractivity contribution in [2.75, 3.05) is 0 Å². The van der Waals surface area contributed by atoms with Crippen molar-refractivity contribution in [3.05, 3.63) is 35.9 Å². The van der Waals surface area contributed by atoms with Crippen molar-refractivity contribution in [3.8, 4) is 0 Å². The molecule has 0 N–H and O–H groups in total. The van der Waals surface area contributed by atoms with Crippen LogP contribution in [0.4, 0.5) is 0 Å². The molecule has 2 heterocycles. The van der Waals surface area contributed by atoms with E-state index in [1.54, 1.807) is 4.52 Å². The molecule has 0 bridgehead atoms. The van der Waals surface area contributed by atoms with Gasteiger partial charge in [0.2, 0.25) is 0 Å². The zero-order valence-corrected chi connectivity index (χ0v) is 9.35. The van der Waals surface area contributed by atoms with Gasteiger partial charge >= 0.3 is 0 Å². The normalized spacial score (nSPS) is 11.3. The number of tetrazole rings is 1. The zero-order chi connectivity index (χ0) is 10.3. The maximum absolute atomic E-state index is 3.96. The molecule has 1 aromatic carbocycles. The monoisotopic (exact) mass is 262 g/mol. The number of nitrogens with zero attached hydrogens (tertiary/aromatic N) is 4. The topological polar surface area (TPSA) is 43.1 Å². The van der Waals surface area contributed by atoms with E-state index in [-0.39, 0.29) is 0 Å². The molecule has 0 saturated heterocycles. The minimum absolute atomic E-state index is 0.781. The number of para-hydroxylation sites is 1. The van der Waals surface area contributed by atoms with Crippen LogP contribution in [0.2, 0.25) is 0 Å². The van der Waals surface area contributed by atoms with Crippen LogP contribution in [-0.2, 0) is 5.33 Å². The van der Waals surface area contributed by atoms with Crippen LogP contribution in [0.3, 0.4) is 0 Å². The third kappa shape index (κ3) is 1.23. The molecule has 3 aromatic rings. The molecule has 0 spiro atoms. The molecular formula is C10H7BrN4. The Morgan fingerprint density at radius 2 is 2.13 bits per heavy atom. The van der Waals surface area contributed by atoms with Gasteiger partial charge in [0.25, 0.3) is 0 Å². The summed E-state index contributed by atoms with van der Waals surface area (Å²) in [5.41, 5.74) is 3.02. The molecule has 0 atom stereocenters. The van der Waals surface area contributed by atoms with Gasteiger partial charge < -0.3 is 0 Å². The molecule has 0 saturated carbocycles. The number of rotatable bonds is 1. The van der Waals surface area contributed by atoms with Gasteiger partial charge in [-0.1, -0.05) is 34.1 Å². The Hall–Kier alpha value is -1.49. The third-order valence-electron chi connectivity index (χ3n) is 2.42. The molecular weight excluding hydrogens is 256 g/mol. The highest BCUT2D eigenvalue weighted by molar-refractivity contribution is 9.08. The minimum Gasteiger partial charge on any atom is -0.193 e. The fourth-order valence-electron chi connectivity index (χ4n) is 1.73. The van der Waals surface area contributed by atoms with Crippen molar-refractivity contribution in [2.24, 2.45) is 0 Å². The third-order valence-corrected chi connectivity index (χ3v) is 3.02. The second-order valence-corrected chi connectivity index (χ2v) is 3.83. The Morgan fingerprint density at radius 1 is 1.27 bits per heavy atom. The summed E-state index contributed by atoms with van der Waals surface area (Å²) >= 11 is 3.47. The molecule has 0 aliphatic heterocycles. The summed E-state index contributed by atoms with van der Waals surface area (Å²) < 4.78 is 1.75. The number of benzene rings is 1. The van der Waals surface area contributed by atoms with Crippen molar-refractivity contribution in [3.63, 3.8) is 0 Å². The van der Waals surface area contributed by atoms with E-state index in [4.69, 9.17) is 0 Å². The quantitative estimate of drug-likeness (QED) is 0.632. The van der Waals surface area contributed by atoms with E-state index >= 15 is 0 Å². The second-order valence-electron chi connectivity index (χ2n) is 3.27. The van der Waals surface area contributed by atoms with Gasteiger partial charge in [0.05, 0.1) is 5.52 Å². The van der Waals surface area contributed by atoms with Gasteiger partial charge in [-0.25, -0.2) is 0 Å². The van der Waals surface area contributed by atoms with Crippen LogP contribution in [0.15, 0.2) is 30.3 Å². The van der Waals surface area contributed by atoms with Crippen molar-refractivity contribution >= 4 is 32.5 Å². The van der Waals surface area contributed by atoms with Crippen LogP contribution in [0.5, 0.6) is 0 Å². The molecule has 0 radical (unpaired) electrons. The van der Waals surface area contributed by atoms with E-state index in [0.29, 0.717) is 0 Å². The second kappa shape index (κ2) is 3.27. The Bertz CT molecular complexity index is 631. The summed E-state index contributed by atoms with van der Waals surface area (Å²) in [6.07, 6.45) is 0. The minimum atomic E-state index is 0.781. The average Bonchev–Trinajstić information content (AvgIpc) is 2.76. The highest BCUT2D eigenvalue weighted by Crippen LogP contribution is 2.21. The van der Waals surface area contributed by atoms with Gasteiger partial charge in [0.1, 0.15) is 0 Å². The lowest BCUT2D eigenvalue weighted by molar-refractivity contribution is 0.841. The lowest BCUT2D eigenvalue weighted by Crippen LogP contribution is -1.93. The number of pyridine rings is 1. The number of hydrogen-bond acceptors (Lipinski definition) is 3. The van der Waals surface area contributed by atoms with Crippen LogP contribution >= 0.6 is 15.9 Å². The lowest BCUT2D eigenvalue weighted by Gasteiger charge is -2.04. The van der Waals surface area contributed by atoms with Crippen molar-refractivity contribution in [1.82, 2.24) is 20.0 Å². The molecule has 0 amide bonds. The van der Waals surface area contributed by atoms with Gasteiger partial charge in [-0.3, -0.25) is 0 Å². The van der Waals surface area contributed by atoms with Gasteiger partial charge in [0.15, 0.2) is 5.65 Å². The zero-order valence-electron chi connectivity index (χ0n) is 7.76. The Balaban J connectivity index is 2.58. The van der Waals surface area contributed by atoms with Gasteiger partial charge in [-0.05, 0) is 28.1 Å². The Morgan fingerprint density at radius 3 is 3.00 bits per heavy atom. The summed E-state index contributed by atoms with van der Waals surface area (Å²) in [6, 6.07) is 10.1. The van der Waals surface area contributed by atoms with E-state index < -0.39 is 0 Å². The molecule has 0 aliphatic rings. The standard InChI is InChI=1S/C10H7BrN4/c11-6-7-5-10-12-13-14-15(10)9-4-2-1-3-8(7)9/h1-5H,6H2. The van der Waals surface area contributed by atoms with E-state index in [1.165, 1.54) is 10.9 Å². The lowest BCUT2D eigenvalue weighted by atomic mass is 10.1. The number of hydrogen-bond donors (Lipinski definition) is 0. The van der Waals surface area contributed by atoms with Crippen LogP contribution < -0.4 is 0 Å². The predicted octanol–water partition coefficient (Wildman–Crippen LogP) is 2.17. The molecule has 74 valence electrons. The summed E-state index contributed by atoms with van der Waals surface area (Å²) in [7, 11) is 0. The fraction of sp³-hybridized carbons (Fsp3) is 0.100. The first-order valence-electron chi connectivity index (χ1n) is 4.55. The van der Waals surface area contributed by atoms with Gasteiger partial charge in [-0.15, -0.1) is 5.10 Å². The van der Waals surface area contributed by atoms with E-state index in [1.807, 2.05) is 24.3 Å². The molecule has 3 rings (SSSR count). The molecule has 0 fully saturated rings. The predicted molar refractivity (Wildman–Crippen MR) is 60.9 cm³/mol. The molecule has 15 heavy (non-hydrogen) atoms. The van der Waals surface area contributed by atoms with Gasteiger partial charge in [-0.2, -0.15) is 4.52 Å². The maximum Gasteiger partial charge on any atom is 0.180 e. The fourth-order valence-corrected chi connectivity index (χ4v) is 2.19. The Labute approximate surface area is 94.0 Å². The van der Waals surface area contributed by atoms with Crippen LogP contribution in [0, 0.1) is 0 Å². The van der Waals surface area contributed by atoms with Crippen molar-refractivity contribution in [2.45, 2.75) is 5.33 Å². The molecule has 2 aromatic heterocycles. The number of aromatic nitrogens is 4. The highest BCUT2D eigenvalue weighted by atomic mass is 79.9. The number of halogens is 1. The molecule has 4 nitrogen and oxygen atoms in total. The smallest absolute Gasteiger partial charge is 0.180 e. The summed E-state index contributed by atoms with van der Waals surface area (Å²) in [5, 5.41) is 13.6. The molecule has 0 unspecified atom stereocenters. The average molecular weight is 263 g/mol. The maximum atomic E-state index is 3.96. The first-order valence-corrected chi connectivity index (χ1v) is 5.67. The van der Waals surface area contributed by atoms with Crippen molar-refractivity contribution in [1.29, 1.82) is 0 Å². The van der Waals surface area contributed by atoms with Crippen LogP contribution in [0.1, 0.15) is 5.56 Å². The first-order chi connectivity index (χ1) is 7.40. The van der Waals surface area contributed by atoms with Crippen LogP contribution in [-0.4, -0.2) is 20.0 Å². The summed E-state index contributed by atoms with van der Waals surface area (Å²) in [6.45, 7) is 0. The van der Waals surface area contributed by atoms with E-state index in [9.17, 15) is 0 Å². The molecule has 5 heteroatoms. The number of fused-ring (bicyclic) bond motifs is 3. The number of alkyl halides is 1. The van der Waals surface area contributed by atoms with Crippen LogP contribution in [0.25, 0.3) is 16.6 Å². The first kappa shape index (κ1) is 8.79. The largest absolute Gasteiger partial charge is 0.193 e. The summed E-state index contributed by atoms with van der Waals surface area (Å²) in [4.78, 5) is 0. The summed E-state index contributed by atoms with van der Waals surface area (Å²) in [5.74, 6) is 0. The van der Waals surface area contributed by atoms with Gasteiger partial charge in [0, 0.05) is 10.7 Å². The highest BCUT2D eigenvalue weighted by Gasteiger charge is 2.06. The SMILES string of the molecule is BrCc1cc2nnnn2c2ccccc12. The Kier molecular flexibility index (Phi) is 1.92.